The number of amides is 2. The van der Waals surface area contributed by atoms with Crippen LogP contribution in [0.25, 0.3) is 0 Å². The lowest BCUT2D eigenvalue weighted by atomic mass is 9.85. The third kappa shape index (κ3) is 5.31. The van der Waals surface area contributed by atoms with Gasteiger partial charge in [-0.05, 0) is 50.2 Å². The predicted octanol–water partition coefficient (Wildman–Crippen LogP) is 3.12. The van der Waals surface area contributed by atoms with Gasteiger partial charge in [0.05, 0.1) is 6.42 Å². The number of rotatable bonds is 6. The first-order valence-electron chi connectivity index (χ1n) is 9.94. The predicted molar refractivity (Wildman–Crippen MR) is 102 cm³/mol. The summed E-state index contributed by atoms with van der Waals surface area (Å²) >= 11 is 0. The first-order valence-corrected chi connectivity index (χ1v) is 9.94. The van der Waals surface area contributed by atoms with E-state index in [0.717, 1.165) is 51.4 Å². The van der Waals surface area contributed by atoms with Crippen LogP contribution in [-0.2, 0) is 20.8 Å². The van der Waals surface area contributed by atoms with E-state index in [0.29, 0.717) is 11.3 Å². The molecule has 0 atom stereocenters. The number of carbonyl (C=O) groups is 3. The summed E-state index contributed by atoms with van der Waals surface area (Å²) in [6, 6.07) is 7.19. The van der Waals surface area contributed by atoms with Gasteiger partial charge in [-0.3, -0.25) is 14.4 Å². The van der Waals surface area contributed by atoms with Crippen molar-refractivity contribution >= 4 is 23.5 Å². The van der Waals surface area contributed by atoms with Crippen molar-refractivity contribution in [3.05, 3.63) is 29.8 Å². The van der Waals surface area contributed by atoms with Crippen molar-refractivity contribution < 1.29 is 19.5 Å². The zero-order valence-electron chi connectivity index (χ0n) is 15.6. The SMILES string of the molecule is O=C(O)Cc1ccccc1NC(=O)C1CCC(NC(=O)C2CCCC2)CC1. The number of nitrogens with one attached hydrogen (secondary N) is 2. The second kappa shape index (κ2) is 9.02. The Morgan fingerprint density at radius 2 is 1.52 bits per heavy atom. The quantitative estimate of drug-likeness (QED) is 0.715. The van der Waals surface area contributed by atoms with E-state index in [2.05, 4.69) is 10.6 Å². The first kappa shape index (κ1) is 19.4. The molecule has 3 rings (SSSR count). The monoisotopic (exact) mass is 372 g/mol. The Kier molecular flexibility index (Phi) is 6.48. The van der Waals surface area contributed by atoms with E-state index in [-0.39, 0.29) is 36.1 Å². The molecule has 6 heteroatoms. The highest BCUT2D eigenvalue weighted by Crippen LogP contribution is 2.29. The van der Waals surface area contributed by atoms with Crippen LogP contribution in [0.5, 0.6) is 0 Å². The van der Waals surface area contributed by atoms with Crippen LogP contribution in [0.3, 0.4) is 0 Å². The van der Waals surface area contributed by atoms with Gasteiger partial charge in [-0.1, -0.05) is 31.0 Å². The molecule has 0 aromatic heterocycles. The summed E-state index contributed by atoms with van der Waals surface area (Å²) < 4.78 is 0. The van der Waals surface area contributed by atoms with Gasteiger partial charge in [-0.15, -0.1) is 0 Å². The Labute approximate surface area is 159 Å². The lowest BCUT2D eigenvalue weighted by Gasteiger charge is -2.29. The van der Waals surface area contributed by atoms with Gasteiger partial charge in [0.25, 0.3) is 0 Å². The number of carboxylic acid groups (broad SMARTS) is 1. The maximum absolute atomic E-state index is 12.6. The number of carboxylic acids is 1. The largest absolute Gasteiger partial charge is 0.481 e. The highest BCUT2D eigenvalue weighted by atomic mass is 16.4. The fourth-order valence-corrected chi connectivity index (χ4v) is 4.20. The molecule has 0 radical (unpaired) electrons. The van der Waals surface area contributed by atoms with Crippen LogP contribution >= 0.6 is 0 Å². The fourth-order valence-electron chi connectivity index (χ4n) is 4.20. The molecule has 0 heterocycles. The smallest absolute Gasteiger partial charge is 0.307 e. The first-order chi connectivity index (χ1) is 13.0. The van der Waals surface area contributed by atoms with Crippen molar-refractivity contribution in [1.82, 2.24) is 5.32 Å². The molecule has 6 nitrogen and oxygen atoms in total. The van der Waals surface area contributed by atoms with Gasteiger partial charge < -0.3 is 15.7 Å². The van der Waals surface area contributed by atoms with Crippen LogP contribution in [0.4, 0.5) is 5.69 Å². The van der Waals surface area contributed by atoms with Gasteiger partial charge in [0, 0.05) is 23.6 Å². The maximum atomic E-state index is 12.6. The average Bonchev–Trinajstić information content (AvgIpc) is 3.18. The van der Waals surface area contributed by atoms with Crippen LogP contribution in [0.1, 0.15) is 56.9 Å². The summed E-state index contributed by atoms with van der Waals surface area (Å²) in [5, 5.41) is 15.1. The number of hydrogen-bond donors (Lipinski definition) is 3. The lowest BCUT2D eigenvalue weighted by Crippen LogP contribution is -2.41. The van der Waals surface area contributed by atoms with Crippen molar-refractivity contribution in [3.8, 4) is 0 Å². The topological polar surface area (TPSA) is 95.5 Å². The van der Waals surface area contributed by atoms with E-state index in [1.54, 1.807) is 24.3 Å². The van der Waals surface area contributed by atoms with Crippen LogP contribution in [-0.4, -0.2) is 28.9 Å². The van der Waals surface area contributed by atoms with E-state index in [4.69, 9.17) is 5.11 Å². The Balaban J connectivity index is 1.49. The third-order valence-electron chi connectivity index (χ3n) is 5.79. The van der Waals surface area contributed by atoms with Crippen LogP contribution < -0.4 is 10.6 Å². The highest BCUT2D eigenvalue weighted by Gasteiger charge is 2.30. The maximum Gasteiger partial charge on any atom is 0.307 e. The zero-order chi connectivity index (χ0) is 19.2. The van der Waals surface area contributed by atoms with E-state index >= 15 is 0 Å². The second-order valence-electron chi connectivity index (χ2n) is 7.76. The van der Waals surface area contributed by atoms with E-state index in [1.165, 1.54) is 0 Å². The molecule has 146 valence electrons. The lowest BCUT2D eigenvalue weighted by molar-refractivity contribution is -0.136. The summed E-state index contributed by atoms with van der Waals surface area (Å²) in [4.78, 5) is 35.8. The van der Waals surface area contributed by atoms with Crippen LogP contribution in [0.2, 0.25) is 0 Å². The van der Waals surface area contributed by atoms with Crippen molar-refractivity contribution in [2.45, 2.75) is 63.8 Å². The molecule has 2 amide bonds. The van der Waals surface area contributed by atoms with Gasteiger partial charge >= 0.3 is 5.97 Å². The molecule has 1 aromatic rings. The average molecular weight is 372 g/mol. The summed E-state index contributed by atoms with van der Waals surface area (Å²) in [5.74, 6) is -0.717. The third-order valence-corrected chi connectivity index (χ3v) is 5.79. The van der Waals surface area contributed by atoms with E-state index in [1.807, 2.05) is 0 Å². The molecule has 3 N–H and O–H groups in total. The number of anilines is 1. The van der Waals surface area contributed by atoms with Crippen LogP contribution in [0.15, 0.2) is 24.3 Å². The van der Waals surface area contributed by atoms with E-state index < -0.39 is 5.97 Å². The molecule has 2 aliphatic carbocycles. The minimum atomic E-state index is -0.921. The molecule has 1 aromatic carbocycles. The van der Waals surface area contributed by atoms with Gasteiger partial charge in [0.15, 0.2) is 0 Å². The zero-order valence-corrected chi connectivity index (χ0v) is 15.6. The standard InChI is InChI=1S/C21H28N2O4/c24-19(25)13-16-7-3-4-8-18(16)23-21(27)15-9-11-17(12-10-15)22-20(26)14-5-1-2-6-14/h3-4,7-8,14-15,17H,1-2,5-6,9-13H2,(H,22,26)(H,23,27)(H,24,25). The summed E-state index contributed by atoms with van der Waals surface area (Å²) in [6.07, 6.45) is 7.28. The number of hydrogen-bond acceptors (Lipinski definition) is 3. The molecule has 2 saturated carbocycles. The minimum absolute atomic E-state index is 0.0617. The summed E-state index contributed by atoms with van der Waals surface area (Å²) in [6.45, 7) is 0. The Morgan fingerprint density at radius 1 is 0.889 bits per heavy atom. The number of carbonyl (C=O) groups excluding carboxylic acids is 2. The molecule has 2 aliphatic rings. The Hall–Kier alpha value is -2.37. The Morgan fingerprint density at radius 3 is 2.19 bits per heavy atom. The van der Waals surface area contributed by atoms with Crippen molar-refractivity contribution in [3.63, 3.8) is 0 Å². The normalized spacial score (nSPS) is 23.0. The fraction of sp³-hybridized carbons (Fsp3) is 0.571. The molecule has 0 spiro atoms. The van der Waals surface area contributed by atoms with Gasteiger partial charge in [-0.2, -0.15) is 0 Å². The van der Waals surface area contributed by atoms with Gasteiger partial charge in [-0.25, -0.2) is 0 Å². The Bertz CT molecular complexity index is 689. The van der Waals surface area contributed by atoms with Crippen molar-refractivity contribution in [2.75, 3.05) is 5.32 Å². The molecule has 0 aliphatic heterocycles. The van der Waals surface area contributed by atoms with Crippen LogP contribution in [0, 0.1) is 11.8 Å². The molecular formula is C21H28N2O4. The minimum Gasteiger partial charge on any atom is -0.481 e. The van der Waals surface area contributed by atoms with Crippen molar-refractivity contribution in [1.29, 1.82) is 0 Å². The summed E-state index contributed by atoms with van der Waals surface area (Å²) in [7, 11) is 0. The number of aliphatic carboxylic acids is 1. The molecule has 27 heavy (non-hydrogen) atoms. The molecule has 0 unspecified atom stereocenters. The van der Waals surface area contributed by atoms with E-state index in [9.17, 15) is 14.4 Å². The number of benzene rings is 1. The number of para-hydroxylation sites is 1. The molecule has 2 fully saturated rings. The summed E-state index contributed by atoms with van der Waals surface area (Å²) in [5.41, 5.74) is 1.18. The molecule has 0 saturated heterocycles. The second-order valence-corrected chi connectivity index (χ2v) is 7.76. The van der Waals surface area contributed by atoms with Crippen molar-refractivity contribution in [2.24, 2.45) is 11.8 Å². The molecular weight excluding hydrogens is 344 g/mol. The molecule has 0 bridgehead atoms. The van der Waals surface area contributed by atoms with Gasteiger partial charge in [0.2, 0.25) is 11.8 Å². The van der Waals surface area contributed by atoms with Gasteiger partial charge in [0.1, 0.15) is 0 Å². The highest BCUT2D eigenvalue weighted by molar-refractivity contribution is 5.94.